The fourth-order valence-corrected chi connectivity index (χ4v) is 11.1. The minimum atomic E-state index is -1.12. The Balaban J connectivity index is 1.66. The maximum atomic E-state index is 12.6. The highest BCUT2D eigenvalue weighted by molar-refractivity contribution is 5.80. The number of allylic oxidation sites excluding steroid dienone is 2. The second-order valence-electron chi connectivity index (χ2n) is 23.9. The topological polar surface area (TPSA) is 93.1 Å². The predicted molar refractivity (Wildman–Crippen MR) is 315 cm³/mol. The third kappa shape index (κ3) is 48.7. The largest absolute Gasteiger partial charge is 0.465 e. The second-order valence-corrected chi connectivity index (χ2v) is 23.9. The normalized spacial score (nSPS) is 15.2. The summed E-state index contributed by atoms with van der Waals surface area (Å²) in [6, 6.07) is 0. The summed E-state index contributed by atoms with van der Waals surface area (Å²) in [5.41, 5.74) is -1.12. The van der Waals surface area contributed by atoms with E-state index in [-0.39, 0.29) is 19.6 Å². The third-order valence-corrected chi connectivity index (χ3v) is 16.5. The van der Waals surface area contributed by atoms with E-state index in [1.165, 1.54) is 327 Å². The fourth-order valence-electron chi connectivity index (χ4n) is 11.1. The lowest BCUT2D eigenvalue weighted by Crippen LogP contribution is -2.40. The van der Waals surface area contributed by atoms with E-state index in [0.29, 0.717) is 6.42 Å². The second kappa shape index (κ2) is 56.8. The van der Waals surface area contributed by atoms with Gasteiger partial charge in [0.2, 0.25) is 0 Å². The van der Waals surface area contributed by atoms with Crippen molar-refractivity contribution in [2.24, 2.45) is 11.3 Å². The molecule has 0 radical (unpaired) electrons. The van der Waals surface area contributed by atoms with Gasteiger partial charge < -0.3 is 19.7 Å². The molecule has 1 fully saturated rings. The monoisotopic (exact) mass is 1030 g/mol. The van der Waals surface area contributed by atoms with Crippen molar-refractivity contribution in [1.29, 1.82) is 0 Å². The number of cyclic esters (lactones) is 2. The highest BCUT2D eigenvalue weighted by Crippen LogP contribution is 2.25. The van der Waals surface area contributed by atoms with Crippen molar-refractivity contribution in [3.8, 4) is 0 Å². The van der Waals surface area contributed by atoms with Crippen LogP contribution in [0.25, 0.3) is 0 Å². The summed E-state index contributed by atoms with van der Waals surface area (Å²) in [5, 5.41) is 19.2. The molecule has 0 aliphatic carbocycles. The molecule has 6 heteroatoms. The molecule has 2 N–H and O–H groups in total. The SMILES string of the molecule is CCC/C=C/CCCCCCCCCCCCCCCCCCCCCCCCCCCCCCCCCCCCCCCCCCCCCCCCCCCCCC1CC(=O)OCC(CO)(CO)COC1=O. The lowest BCUT2D eigenvalue weighted by atomic mass is 9.92. The number of aliphatic hydroxyl groups excluding tert-OH is 2. The molecule has 0 aromatic rings. The first-order valence-corrected chi connectivity index (χ1v) is 33.3. The lowest BCUT2D eigenvalue weighted by Gasteiger charge is -2.27. The summed E-state index contributed by atoms with van der Waals surface area (Å²) in [7, 11) is 0. The van der Waals surface area contributed by atoms with Gasteiger partial charge in [0.25, 0.3) is 0 Å². The number of rotatable bonds is 58. The Morgan fingerprint density at radius 1 is 0.356 bits per heavy atom. The number of aliphatic hydroxyl groups is 2. The van der Waals surface area contributed by atoms with Gasteiger partial charge in [-0.15, -0.1) is 0 Å². The molecule has 6 nitrogen and oxygen atoms in total. The highest BCUT2D eigenvalue weighted by atomic mass is 16.6. The number of hydrogen-bond donors (Lipinski definition) is 2. The van der Waals surface area contributed by atoms with Gasteiger partial charge in [-0.2, -0.15) is 0 Å². The van der Waals surface area contributed by atoms with Gasteiger partial charge in [0, 0.05) is 0 Å². The van der Waals surface area contributed by atoms with E-state index < -0.39 is 36.5 Å². The molecule has 0 bridgehead atoms. The summed E-state index contributed by atoms with van der Waals surface area (Å²) < 4.78 is 10.6. The lowest BCUT2D eigenvalue weighted by molar-refractivity contribution is -0.155. The summed E-state index contributed by atoms with van der Waals surface area (Å²) >= 11 is 0. The maximum Gasteiger partial charge on any atom is 0.309 e. The summed E-state index contributed by atoms with van der Waals surface area (Å²) in [6.45, 7) is 1.16. The van der Waals surface area contributed by atoms with Crippen LogP contribution in [-0.2, 0) is 19.1 Å². The molecule has 1 aliphatic rings. The van der Waals surface area contributed by atoms with Crippen molar-refractivity contribution >= 4 is 11.9 Å². The molecule has 1 saturated heterocycles. The molecule has 0 amide bonds. The van der Waals surface area contributed by atoms with Crippen LogP contribution in [0.15, 0.2) is 12.2 Å². The van der Waals surface area contributed by atoms with Gasteiger partial charge in [-0.05, 0) is 25.7 Å². The molecule has 1 rings (SSSR count). The molecular weight excluding hydrogens is 901 g/mol. The van der Waals surface area contributed by atoms with Gasteiger partial charge in [-0.3, -0.25) is 9.59 Å². The van der Waals surface area contributed by atoms with Crippen LogP contribution in [0.4, 0.5) is 0 Å². The van der Waals surface area contributed by atoms with Crippen LogP contribution in [0.1, 0.15) is 366 Å². The first-order chi connectivity index (χ1) is 36.1. The standard InChI is InChI=1S/C67H128O6/c1-2-3-4-5-6-7-8-9-10-11-12-13-14-15-16-17-18-19-20-21-22-23-24-25-26-27-28-29-30-31-32-33-34-35-36-37-38-39-40-41-42-43-44-45-46-47-48-49-50-51-52-53-54-55-56-57-58-64-59-65(70)72-62-67(60-68,61-69)63-73-66(64)71/h4-5,64,68-69H,2-3,6-63H2,1H3/b5-4+. The third-order valence-electron chi connectivity index (χ3n) is 16.5. The molecular formula is C67H128O6. The molecule has 0 spiro atoms. The van der Waals surface area contributed by atoms with Crippen molar-refractivity contribution in [3.05, 3.63) is 12.2 Å². The van der Waals surface area contributed by atoms with E-state index in [1.54, 1.807) is 0 Å². The van der Waals surface area contributed by atoms with E-state index in [0.717, 1.165) is 19.3 Å². The van der Waals surface area contributed by atoms with E-state index in [9.17, 15) is 19.8 Å². The number of hydrogen-bond acceptors (Lipinski definition) is 6. The van der Waals surface area contributed by atoms with Crippen molar-refractivity contribution in [3.63, 3.8) is 0 Å². The van der Waals surface area contributed by atoms with E-state index in [4.69, 9.17) is 9.47 Å². The average molecular weight is 1030 g/mol. The van der Waals surface area contributed by atoms with Gasteiger partial charge in [0.15, 0.2) is 0 Å². The van der Waals surface area contributed by atoms with Crippen molar-refractivity contribution < 1.29 is 29.3 Å². The number of carbonyl (C=O) groups excluding carboxylic acids is 2. The average Bonchev–Trinajstić information content (AvgIpc) is 3.46. The molecule has 0 saturated carbocycles. The van der Waals surface area contributed by atoms with Gasteiger partial charge >= 0.3 is 11.9 Å². The zero-order valence-electron chi connectivity index (χ0n) is 49.2. The molecule has 1 atom stereocenters. The smallest absolute Gasteiger partial charge is 0.309 e. The van der Waals surface area contributed by atoms with Crippen molar-refractivity contribution in [1.82, 2.24) is 0 Å². The molecule has 0 aromatic carbocycles. The van der Waals surface area contributed by atoms with Crippen molar-refractivity contribution in [2.75, 3.05) is 26.4 Å². The molecule has 432 valence electrons. The Morgan fingerprint density at radius 2 is 0.589 bits per heavy atom. The van der Waals surface area contributed by atoms with Crippen LogP contribution < -0.4 is 0 Å². The Morgan fingerprint density at radius 3 is 0.849 bits per heavy atom. The summed E-state index contributed by atoms with van der Waals surface area (Å²) in [4.78, 5) is 24.8. The number of carbonyl (C=O) groups is 2. The van der Waals surface area contributed by atoms with Gasteiger partial charge in [-0.1, -0.05) is 347 Å². The molecule has 0 aromatic heterocycles. The van der Waals surface area contributed by atoms with E-state index in [2.05, 4.69) is 19.1 Å². The Bertz CT molecular complexity index is 1150. The predicted octanol–water partition coefficient (Wildman–Crippen LogP) is 21.1. The molecule has 1 heterocycles. The number of esters is 2. The first kappa shape index (κ1) is 69.6. The number of ether oxygens (including phenoxy) is 2. The molecule has 1 aliphatic heterocycles. The van der Waals surface area contributed by atoms with Gasteiger partial charge in [0.1, 0.15) is 13.2 Å². The van der Waals surface area contributed by atoms with Crippen LogP contribution >= 0.6 is 0 Å². The Labute approximate surface area is 455 Å². The first-order valence-electron chi connectivity index (χ1n) is 33.3. The van der Waals surface area contributed by atoms with E-state index >= 15 is 0 Å². The van der Waals surface area contributed by atoms with Crippen LogP contribution in [-0.4, -0.2) is 48.6 Å². The van der Waals surface area contributed by atoms with Crippen molar-refractivity contribution in [2.45, 2.75) is 366 Å². The van der Waals surface area contributed by atoms with Crippen LogP contribution in [0.5, 0.6) is 0 Å². The quantitative estimate of drug-likeness (QED) is 0.0358. The number of unbranched alkanes of at least 4 members (excludes halogenated alkanes) is 52. The van der Waals surface area contributed by atoms with Crippen LogP contribution in [0.3, 0.4) is 0 Å². The minimum absolute atomic E-state index is 0.00527. The molecule has 1 unspecified atom stereocenters. The molecule has 73 heavy (non-hydrogen) atoms. The maximum absolute atomic E-state index is 12.6. The fraction of sp³-hybridized carbons (Fsp3) is 0.940. The van der Waals surface area contributed by atoms with Crippen LogP contribution in [0.2, 0.25) is 0 Å². The zero-order valence-corrected chi connectivity index (χ0v) is 49.2. The Kier molecular flexibility index (Phi) is 54.2. The van der Waals surface area contributed by atoms with Gasteiger partial charge in [-0.25, -0.2) is 0 Å². The minimum Gasteiger partial charge on any atom is -0.465 e. The summed E-state index contributed by atoms with van der Waals surface area (Å²) in [6.07, 6.45) is 81.7. The van der Waals surface area contributed by atoms with E-state index in [1.807, 2.05) is 0 Å². The zero-order chi connectivity index (χ0) is 52.5. The summed E-state index contributed by atoms with van der Waals surface area (Å²) in [5.74, 6) is -1.40. The highest BCUT2D eigenvalue weighted by Gasteiger charge is 2.36. The van der Waals surface area contributed by atoms with Gasteiger partial charge in [0.05, 0.1) is 31.0 Å². The van der Waals surface area contributed by atoms with Crippen LogP contribution in [0, 0.1) is 11.3 Å². The Hall–Kier alpha value is -1.40.